The van der Waals surface area contributed by atoms with Crippen molar-refractivity contribution < 1.29 is 14.3 Å². The van der Waals surface area contributed by atoms with Gasteiger partial charge in [0, 0.05) is 13.0 Å². The van der Waals surface area contributed by atoms with Crippen LogP contribution in [0.5, 0.6) is 0 Å². The highest BCUT2D eigenvalue weighted by Crippen LogP contribution is 2.28. The number of benzene rings is 2. The molecule has 0 radical (unpaired) electrons. The van der Waals surface area contributed by atoms with E-state index < -0.39 is 11.6 Å². The van der Waals surface area contributed by atoms with Gasteiger partial charge < -0.3 is 10.1 Å². The van der Waals surface area contributed by atoms with Crippen molar-refractivity contribution in [1.82, 2.24) is 5.32 Å². The number of hydrogen-bond acceptors (Lipinski definition) is 3. The lowest BCUT2D eigenvalue weighted by Gasteiger charge is -2.33. The van der Waals surface area contributed by atoms with Gasteiger partial charge in [-0.15, -0.1) is 0 Å². The van der Waals surface area contributed by atoms with E-state index in [-0.39, 0.29) is 5.91 Å². The van der Waals surface area contributed by atoms with Gasteiger partial charge in [-0.05, 0) is 31.0 Å². The first-order chi connectivity index (χ1) is 11.0. The molecule has 4 heteroatoms. The Bertz CT molecular complexity index is 751. The van der Waals surface area contributed by atoms with Crippen LogP contribution in [0.25, 0.3) is 0 Å². The van der Waals surface area contributed by atoms with Gasteiger partial charge in [0.15, 0.2) is 5.60 Å². The molecule has 23 heavy (non-hydrogen) atoms. The second-order valence-corrected chi connectivity index (χ2v) is 6.12. The second kappa shape index (κ2) is 5.88. The van der Waals surface area contributed by atoms with Crippen LogP contribution in [0.1, 0.15) is 34.0 Å². The van der Waals surface area contributed by atoms with Crippen LogP contribution >= 0.6 is 0 Å². The van der Waals surface area contributed by atoms with Crippen LogP contribution in [0, 0.1) is 6.92 Å². The lowest BCUT2D eigenvalue weighted by Crippen LogP contribution is -2.51. The van der Waals surface area contributed by atoms with Crippen LogP contribution in [0.4, 0.5) is 0 Å². The molecule has 4 nitrogen and oxygen atoms in total. The number of esters is 1. The Hall–Kier alpha value is -2.62. The molecule has 0 fully saturated rings. The highest BCUT2D eigenvalue weighted by atomic mass is 16.6. The van der Waals surface area contributed by atoms with Crippen molar-refractivity contribution in [2.75, 3.05) is 0 Å². The average Bonchev–Trinajstić information content (AvgIpc) is 2.54. The minimum absolute atomic E-state index is 0.277. The fraction of sp³-hybridized carbons (Fsp3) is 0.263. The van der Waals surface area contributed by atoms with Crippen molar-refractivity contribution in [3.8, 4) is 0 Å². The van der Waals surface area contributed by atoms with E-state index in [9.17, 15) is 9.59 Å². The Morgan fingerprint density at radius 3 is 2.61 bits per heavy atom. The average molecular weight is 309 g/mol. The number of aryl methyl sites for hydroxylation is 1. The summed E-state index contributed by atoms with van der Waals surface area (Å²) in [5, 5.41) is 2.86. The highest BCUT2D eigenvalue weighted by Gasteiger charge is 2.42. The Morgan fingerprint density at radius 1 is 1.17 bits per heavy atom. The van der Waals surface area contributed by atoms with E-state index in [4.69, 9.17) is 4.74 Å². The molecule has 3 rings (SSSR count). The van der Waals surface area contributed by atoms with Gasteiger partial charge in [0.25, 0.3) is 5.91 Å². The third-order valence-corrected chi connectivity index (χ3v) is 4.14. The molecule has 0 spiro atoms. The summed E-state index contributed by atoms with van der Waals surface area (Å²) in [6, 6.07) is 15.2. The van der Waals surface area contributed by atoms with Gasteiger partial charge in [-0.1, -0.05) is 48.0 Å². The number of ether oxygens (including phenoxy) is 1. The van der Waals surface area contributed by atoms with Crippen LogP contribution in [0.15, 0.2) is 48.5 Å². The summed E-state index contributed by atoms with van der Waals surface area (Å²) in [5.74, 6) is -0.722. The number of cyclic esters (lactones) is 1. The fourth-order valence-electron chi connectivity index (χ4n) is 2.73. The summed E-state index contributed by atoms with van der Waals surface area (Å²) in [4.78, 5) is 24.6. The smallest absolute Gasteiger partial charge is 0.339 e. The summed E-state index contributed by atoms with van der Waals surface area (Å²) < 4.78 is 5.42. The topological polar surface area (TPSA) is 55.4 Å². The maximum atomic E-state index is 12.5. The Balaban J connectivity index is 1.72. The zero-order valence-corrected chi connectivity index (χ0v) is 13.3. The third-order valence-electron chi connectivity index (χ3n) is 4.14. The van der Waals surface area contributed by atoms with Crippen molar-refractivity contribution in [2.45, 2.75) is 32.4 Å². The van der Waals surface area contributed by atoms with E-state index in [2.05, 4.69) is 5.32 Å². The van der Waals surface area contributed by atoms with Gasteiger partial charge in [0.05, 0.1) is 5.56 Å². The van der Waals surface area contributed by atoms with Gasteiger partial charge in [-0.25, -0.2) is 4.79 Å². The Kier molecular flexibility index (Phi) is 3.90. The van der Waals surface area contributed by atoms with Crippen LogP contribution in [0.2, 0.25) is 0 Å². The molecule has 1 N–H and O–H groups in total. The number of fused-ring (bicyclic) bond motifs is 1. The van der Waals surface area contributed by atoms with E-state index >= 15 is 0 Å². The number of amides is 1. The highest BCUT2D eigenvalue weighted by molar-refractivity contribution is 5.97. The SMILES string of the molecule is Cc1ccc(CNC(=O)[C@]2(C)Cc3ccccc3C(=O)O2)cc1. The van der Waals surface area contributed by atoms with Crippen molar-refractivity contribution in [1.29, 1.82) is 0 Å². The molecule has 2 aromatic carbocycles. The summed E-state index contributed by atoms with van der Waals surface area (Å²) >= 11 is 0. The summed E-state index contributed by atoms with van der Waals surface area (Å²) in [6.45, 7) is 4.08. The molecule has 1 atom stereocenters. The summed E-state index contributed by atoms with van der Waals surface area (Å²) in [6.07, 6.45) is 0.384. The molecule has 1 amide bonds. The molecular weight excluding hydrogens is 290 g/mol. The Morgan fingerprint density at radius 2 is 1.87 bits per heavy atom. The molecule has 1 aliphatic heterocycles. The predicted octanol–water partition coefficient (Wildman–Crippen LogP) is 2.78. The third kappa shape index (κ3) is 3.11. The molecule has 0 unspecified atom stereocenters. The number of carbonyl (C=O) groups excluding carboxylic acids is 2. The molecule has 1 heterocycles. The summed E-state index contributed by atoms with van der Waals surface area (Å²) in [7, 11) is 0. The molecule has 0 bridgehead atoms. The van der Waals surface area contributed by atoms with Gasteiger partial charge in [-0.3, -0.25) is 4.79 Å². The molecule has 0 aromatic heterocycles. The van der Waals surface area contributed by atoms with E-state index in [1.807, 2.05) is 43.3 Å². The van der Waals surface area contributed by atoms with Crippen molar-refractivity contribution in [2.24, 2.45) is 0 Å². The van der Waals surface area contributed by atoms with Crippen LogP contribution in [-0.2, 0) is 22.5 Å². The minimum atomic E-state index is -1.17. The first-order valence-corrected chi connectivity index (χ1v) is 7.63. The Labute approximate surface area is 135 Å². The van der Waals surface area contributed by atoms with Crippen molar-refractivity contribution >= 4 is 11.9 Å². The van der Waals surface area contributed by atoms with E-state index in [1.165, 1.54) is 5.56 Å². The molecule has 118 valence electrons. The van der Waals surface area contributed by atoms with Crippen LogP contribution in [0.3, 0.4) is 0 Å². The number of carbonyl (C=O) groups is 2. The minimum Gasteiger partial charge on any atom is -0.445 e. The van der Waals surface area contributed by atoms with E-state index in [1.54, 1.807) is 19.1 Å². The lowest BCUT2D eigenvalue weighted by molar-refractivity contribution is -0.139. The zero-order valence-electron chi connectivity index (χ0n) is 13.3. The molecule has 0 saturated heterocycles. The van der Waals surface area contributed by atoms with Crippen LogP contribution in [-0.4, -0.2) is 17.5 Å². The number of nitrogens with one attached hydrogen (secondary N) is 1. The maximum Gasteiger partial charge on any atom is 0.339 e. The monoisotopic (exact) mass is 309 g/mol. The standard InChI is InChI=1S/C19H19NO3/c1-13-7-9-14(10-8-13)12-20-18(22)19(2)11-15-5-3-4-6-16(15)17(21)23-19/h3-10H,11-12H2,1-2H3,(H,20,22)/t19-/m0/s1. The first kappa shape index (κ1) is 15.3. The van der Waals surface area contributed by atoms with Gasteiger partial charge in [0.2, 0.25) is 0 Å². The fourth-order valence-corrected chi connectivity index (χ4v) is 2.73. The molecular formula is C19H19NO3. The number of rotatable bonds is 3. The molecule has 1 aliphatic rings. The normalized spacial score (nSPS) is 19.7. The van der Waals surface area contributed by atoms with E-state index in [0.29, 0.717) is 18.5 Å². The van der Waals surface area contributed by atoms with Gasteiger partial charge >= 0.3 is 5.97 Å². The summed E-state index contributed by atoms with van der Waals surface area (Å²) in [5.41, 5.74) is 2.39. The first-order valence-electron chi connectivity index (χ1n) is 7.63. The largest absolute Gasteiger partial charge is 0.445 e. The lowest BCUT2D eigenvalue weighted by atomic mass is 9.89. The molecule has 2 aromatic rings. The van der Waals surface area contributed by atoms with Crippen molar-refractivity contribution in [3.05, 3.63) is 70.8 Å². The molecule has 0 aliphatic carbocycles. The van der Waals surface area contributed by atoms with Gasteiger partial charge in [-0.2, -0.15) is 0 Å². The zero-order chi connectivity index (χ0) is 16.4. The maximum absolute atomic E-state index is 12.5. The van der Waals surface area contributed by atoms with E-state index in [0.717, 1.165) is 11.1 Å². The molecule has 0 saturated carbocycles. The van der Waals surface area contributed by atoms with Crippen molar-refractivity contribution in [3.63, 3.8) is 0 Å². The van der Waals surface area contributed by atoms with Gasteiger partial charge in [0.1, 0.15) is 0 Å². The number of hydrogen-bond donors (Lipinski definition) is 1. The second-order valence-electron chi connectivity index (χ2n) is 6.12. The van der Waals surface area contributed by atoms with Crippen LogP contribution < -0.4 is 5.32 Å². The quantitative estimate of drug-likeness (QED) is 0.887. The predicted molar refractivity (Wildman–Crippen MR) is 87.0 cm³/mol.